The molecule has 1 rings (SSSR count). The Balaban J connectivity index is 2.52. The number of hydrogen-bond donors (Lipinski definition) is 1. The molecule has 0 atom stereocenters. The van der Waals surface area contributed by atoms with Crippen molar-refractivity contribution in [3.8, 4) is 0 Å². The van der Waals surface area contributed by atoms with Gasteiger partial charge < -0.3 is 4.90 Å². The van der Waals surface area contributed by atoms with Gasteiger partial charge in [-0.1, -0.05) is 19.3 Å². The predicted octanol–water partition coefficient (Wildman–Crippen LogP) is 3.27. The molecule has 0 aromatic carbocycles. The summed E-state index contributed by atoms with van der Waals surface area (Å²) in [6.07, 6.45) is 6.49. The van der Waals surface area contributed by atoms with Crippen LogP contribution in [0.3, 0.4) is 0 Å². The van der Waals surface area contributed by atoms with Crippen LogP contribution in [0.25, 0.3) is 0 Å². The minimum absolute atomic E-state index is 0.481. The van der Waals surface area contributed by atoms with Gasteiger partial charge in [0.1, 0.15) is 0 Å². The molecule has 0 saturated heterocycles. The van der Waals surface area contributed by atoms with Gasteiger partial charge in [0.05, 0.1) is 5.84 Å². The Kier molecular flexibility index (Phi) is 4.43. The summed E-state index contributed by atoms with van der Waals surface area (Å²) in [5.74, 6) is 1.44. The minimum atomic E-state index is 0.481. The summed E-state index contributed by atoms with van der Waals surface area (Å²) in [4.78, 5) is 2.23. The lowest BCUT2D eigenvalue weighted by Gasteiger charge is -2.34. The maximum Gasteiger partial charge on any atom is 0.0991 e. The Morgan fingerprint density at radius 3 is 2.29 bits per heavy atom. The summed E-state index contributed by atoms with van der Waals surface area (Å²) in [5, 5.41) is 8.20. The fourth-order valence-corrected chi connectivity index (χ4v) is 2.42. The first-order chi connectivity index (χ1) is 6.66. The summed E-state index contributed by atoms with van der Waals surface area (Å²) in [6.45, 7) is 7.49. The largest absolute Gasteiger partial charge is 0.358 e. The summed E-state index contributed by atoms with van der Waals surface area (Å²) < 4.78 is 0. The molecule has 1 saturated carbocycles. The van der Waals surface area contributed by atoms with Crippen molar-refractivity contribution in [1.82, 2.24) is 4.90 Å². The van der Waals surface area contributed by atoms with Gasteiger partial charge >= 0.3 is 0 Å². The van der Waals surface area contributed by atoms with Crippen LogP contribution in [-0.4, -0.2) is 23.3 Å². The van der Waals surface area contributed by atoms with E-state index in [-0.39, 0.29) is 0 Å². The molecule has 2 heteroatoms. The van der Waals surface area contributed by atoms with Crippen molar-refractivity contribution < 1.29 is 0 Å². The van der Waals surface area contributed by atoms with Gasteiger partial charge in [-0.05, 0) is 33.6 Å². The Bertz CT molecular complexity index is 181. The smallest absolute Gasteiger partial charge is 0.0991 e. The first-order valence-corrected chi connectivity index (χ1v) is 6.02. The molecule has 0 bridgehead atoms. The van der Waals surface area contributed by atoms with E-state index < -0.39 is 0 Å². The SMILES string of the molecule is CCN(C(=N)C1CCCCC1)C(C)C. The third-order valence-corrected chi connectivity index (χ3v) is 3.27. The molecule has 1 fully saturated rings. The molecule has 1 aliphatic rings. The van der Waals surface area contributed by atoms with E-state index in [1.165, 1.54) is 32.1 Å². The predicted molar refractivity (Wildman–Crippen MR) is 61.8 cm³/mol. The highest BCUT2D eigenvalue weighted by Crippen LogP contribution is 2.26. The van der Waals surface area contributed by atoms with E-state index in [0.29, 0.717) is 12.0 Å². The average Bonchev–Trinajstić information content (AvgIpc) is 2.19. The molecule has 82 valence electrons. The topological polar surface area (TPSA) is 27.1 Å². The van der Waals surface area contributed by atoms with Gasteiger partial charge in [0.25, 0.3) is 0 Å². The molecular weight excluding hydrogens is 172 g/mol. The number of amidine groups is 1. The lowest BCUT2D eigenvalue weighted by Crippen LogP contribution is -2.40. The van der Waals surface area contributed by atoms with E-state index in [0.717, 1.165) is 12.4 Å². The number of rotatable bonds is 3. The molecule has 2 nitrogen and oxygen atoms in total. The number of nitrogens with one attached hydrogen (secondary N) is 1. The van der Waals surface area contributed by atoms with E-state index in [9.17, 15) is 0 Å². The second-order valence-corrected chi connectivity index (χ2v) is 4.60. The average molecular weight is 196 g/mol. The van der Waals surface area contributed by atoms with Crippen molar-refractivity contribution in [3.05, 3.63) is 0 Å². The Morgan fingerprint density at radius 1 is 1.29 bits per heavy atom. The van der Waals surface area contributed by atoms with Crippen LogP contribution >= 0.6 is 0 Å². The van der Waals surface area contributed by atoms with Gasteiger partial charge in [-0.2, -0.15) is 0 Å². The van der Waals surface area contributed by atoms with Crippen molar-refractivity contribution in [2.24, 2.45) is 5.92 Å². The van der Waals surface area contributed by atoms with E-state index in [1.54, 1.807) is 0 Å². The molecule has 0 amide bonds. The molecule has 0 spiro atoms. The van der Waals surface area contributed by atoms with E-state index in [4.69, 9.17) is 5.41 Å². The van der Waals surface area contributed by atoms with Gasteiger partial charge in [0, 0.05) is 18.5 Å². The van der Waals surface area contributed by atoms with Crippen LogP contribution in [0, 0.1) is 11.3 Å². The lowest BCUT2D eigenvalue weighted by atomic mass is 9.87. The fraction of sp³-hybridized carbons (Fsp3) is 0.917. The number of nitrogens with zero attached hydrogens (tertiary/aromatic N) is 1. The fourth-order valence-electron chi connectivity index (χ4n) is 2.42. The van der Waals surface area contributed by atoms with Crippen molar-refractivity contribution in [3.63, 3.8) is 0 Å². The zero-order valence-electron chi connectivity index (χ0n) is 9.84. The second-order valence-electron chi connectivity index (χ2n) is 4.60. The molecule has 0 radical (unpaired) electrons. The third kappa shape index (κ3) is 2.73. The quantitative estimate of drug-likeness (QED) is 0.544. The maximum atomic E-state index is 8.20. The van der Waals surface area contributed by atoms with Crippen LogP contribution in [0.4, 0.5) is 0 Å². The molecule has 14 heavy (non-hydrogen) atoms. The summed E-state index contributed by atoms with van der Waals surface area (Å²) >= 11 is 0. The van der Waals surface area contributed by atoms with Crippen LogP contribution in [-0.2, 0) is 0 Å². The summed E-state index contributed by atoms with van der Waals surface area (Å²) in [7, 11) is 0. The Hall–Kier alpha value is -0.530. The normalized spacial score (nSPS) is 18.6. The zero-order valence-corrected chi connectivity index (χ0v) is 9.84. The highest BCUT2D eigenvalue weighted by Gasteiger charge is 2.22. The van der Waals surface area contributed by atoms with Gasteiger partial charge in [-0.3, -0.25) is 5.41 Å². The van der Waals surface area contributed by atoms with Crippen LogP contribution in [0.5, 0.6) is 0 Å². The van der Waals surface area contributed by atoms with Crippen LogP contribution < -0.4 is 0 Å². The molecule has 0 aromatic rings. The summed E-state index contributed by atoms with van der Waals surface area (Å²) in [5.41, 5.74) is 0. The number of hydrogen-bond acceptors (Lipinski definition) is 1. The minimum Gasteiger partial charge on any atom is -0.358 e. The standard InChI is InChI=1S/C12H24N2/c1-4-14(10(2)3)12(13)11-8-6-5-7-9-11/h10-11,13H,4-9H2,1-3H3. The Labute approximate surface area is 88.2 Å². The first-order valence-electron chi connectivity index (χ1n) is 6.02. The van der Waals surface area contributed by atoms with Gasteiger partial charge in [-0.15, -0.1) is 0 Å². The molecule has 1 aliphatic carbocycles. The van der Waals surface area contributed by atoms with E-state index in [2.05, 4.69) is 25.7 Å². The molecule has 1 N–H and O–H groups in total. The second kappa shape index (κ2) is 5.38. The van der Waals surface area contributed by atoms with E-state index >= 15 is 0 Å². The maximum absolute atomic E-state index is 8.20. The molecule has 0 aromatic heterocycles. The van der Waals surface area contributed by atoms with Crippen molar-refractivity contribution >= 4 is 5.84 Å². The van der Waals surface area contributed by atoms with Crippen LogP contribution in [0.15, 0.2) is 0 Å². The first kappa shape index (κ1) is 11.5. The molecule has 0 aliphatic heterocycles. The highest BCUT2D eigenvalue weighted by molar-refractivity contribution is 5.81. The molecule has 0 heterocycles. The molecule has 0 unspecified atom stereocenters. The summed E-state index contributed by atoms with van der Waals surface area (Å²) in [6, 6.07) is 0.481. The van der Waals surface area contributed by atoms with E-state index in [1.807, 2.05) is 0 Å². The van der Waals surface area contributed by atoms with Crippen molar-refractivity contribution in [2.45, 2.75) is 58.9 Å². The monoisotopic (exact) mass is 196 g/mol. The van der Waals surface area contributed by atoms with Crippen LogP contribution in [0.1, 0.15) is 52.9 Å². The van der Waals surface area contributed by atoms with Gasteiger partial charge in [0.15, 0.2) is 0 Å². The zero-order chi connectivity index (χ0) is 10.6. The van der Waals surface area contributed by atoms with Gasteiger partial charge in [0.2, 0.25) is 0 Å². The van der Waals surface area contributed by atoms with Crippen LogP contribution in [0.2, 0.25) is 0 Å². The van der Waals surface area contributed by atoms with Crippen molar-refractivity contribution in [2.75, 3.05) is 6.54 Å². The highest BCUT2D eigenvalue weighted by atomic mass is 15.2. The van der Waals surface area contributed by atoms with Gasteiger partial charge in [-0.25, -0.2) is 0 Å². The lowest BCUT2D eigenvalue weighted by molar-refractivity contribution is 0.319. The molecular formula is C12H24N2. The Morgan fingerprint density at radius 2 is 1.86 bits per heavy atom. The third-order valence-electron chi connectivity index (χ3n) is 3.27. The van der Waals surface area contributed by atoms with Crippen molar-refractivity contribution in [1.29, 1.82) is 5.41 Å².